The summed E-state index contributed by atoms with van der Waals surface area (Å²) >= 11 is 1.35. The van der Waals surface area contributed by atoms with Crippen LogP contribution in [0.5, 0.6) is 0 Å². The number of amides is 2. The van der Waals surface area contributed by atoms with Gasteiger partial charge in [-0.15, -0.1) is 11.3 Å². The van der Waals surface area contributed by atoms with Crippen molar-refractivity contribution in [2.24, 2.45) is 17.3 Å². The van der Waals surface area contributed by atoms with Crippen molar-refractivity contribution in [3.63, 3.8) is 0 Å². The van der Waals surface area contributed by atoms with Crippen LogP contribution in [-0.4, -0.2) is 36.6 Å². The minimum Gasteiger partial charge on any atom is -0.335 e. The zero-order valence-corrected chi connectivity index (χ0v) is 20.9. The molecule has 35 heavy (non-hydrogen) atoms. The lowest BCUT2D eigenvalue weighted by atomic mass is 9.49. The molecule has 3 aliphatic carbocycles. The molecule has 4 nitrogen and oxygen atoms in total. The lowest BCUT2D eigenvalue weighted by molar-refractivity contribution is -0.137. The van der Waals surface area contributed by atoms with Gasteiger partial charge in [-0.25, -0.2) is 4.79 Å². The largest absolute Gasteiger partial charge is 0.416 e. The predicted octanol–water partition coefficient (Wildman–Crippen LogP) is 7.01. The van der Waals surface area contributed by atoms with Crippen LogP contribution in [0.15, 0.2) is 48.0 Å². The molecule has 1 saturated heterocycles. The van der Waals surface area contributed by atoms with E-state index >= 15 is 0 Å². The summed E-state index contributed by atoms with van der Waals surface area (Å²) in [5.74, 6) is 1.60. The van der Waals surface area contributed by atoms with Crippen molar-refractivity contribution in [1.29, 1.82) is 0 Å². The number of alkyl halides is 3. The lowest BCUT2D eigenvalue weighted by Crippen LogP contribution is -2.51. The molecule has 1 saturated carbocycles. The number of benzene rings is 1. The zero-order valence-electron chi connectivity index (χ0n) is 20.1. The molecule has 1 aromatic carbocycles. The molecular formula is C27H32F3N3OS. The molecule has 2 fully saturated rings. The molecule has 1 aliphatic heterocycles. The Hall–Kier alpha value is -2.32. The lowest BCUT2D eigenvalue weighted by Gasteiger charge is -2.57. The first kappa shape index (κ1) is 24.4. The number of hydrogen-bond acceptors (Lipinski definition) is 3. The normalized spacial score (nSPS) is 24.4. The highest BCUT2D eigenvalue weighted by molar-refractivity contribution is 7.19. The van der Waals surface area contributed by atoms with Gasteiger partial charge >= 0.3 is 12.2 Å². The first-order valence-corrected chi connectivity index (χ1v) is 13.2. The number of nitrogens with zero attached hydrogens (tertiary/aromatic N) is 1. The molecule has 2 N–H and O–H groups in total. The molecule has 0 radical (unpaired) electrons. The Kier molecular flexibility index (Phi) is 6.46. The van der Waals surface area contributed by atoms with Crippen molar-refractivity contribution in [3.8, 4) is 10.4 Å². The van der Waals surface area contributed by atoms with E-state index in [1.165, 1.54) is 36.3 Å². The molecule has 2 bridgehead atoms. The summed E-state index contributed by atoms with van der Waals surface area (Å²) < 4.78 is 38.3. The van der Waals surface area contributed by atoms with E-state index < -0.39 is 11.7 Å². The average Bonchev–Trinajstić information content (AvgIpc) is 3.28. The number of carbonyl (C=O) groups excluding carboxylic acids is 1. The Morgan fingerprint density at radius 3 is 2.46 bits per heavy atom. The number of rotatable bonds is 5. The Morgan fingerprint density at radius 2 is 1.83 bits per heavy atom. The van der Waals surface area contributed by atoms with E-state index in [2.05, 4.69) is 35.5 Å². The van der Waals surface area contributed by atoms with E-state index in [-0.39, 0.29) is 12.1 Å². The van der Waals surface area contributed by atoms with Gasteiger partial charge in [0.15, 0.2) is 0 Å². The van der Waals surface area contributed by atoms with Gasteiger partial charge in [0.05, 0.1) is 10.6 Å². The second kappa shape index (κ2) is 9.28. The van der Waals surface area contributed by atoms with E-state index in [0.29, 0.717) is 16.0 Å². The van der Waals surface area contributed by atoms with E-state index in [1.807, 2.05) is 6.07 Å². The van der Waals surface area contributed by atoms with Crippen LogP contribution in [0.25, 0.3) is 10.4 Å². The van der Waals surface area contributed by atoms with Crippen LogP contribution in [0.4, 0.5) is 23.0 Å². The van der Waals surface area contributed by atoms with Crippen LogP contribution in [0, 0.1) is 17.3 Å². The SMILES string of the molecule is CC1(C)[C@H]2CC=C(CN3CCC(NC(=O)Nc4ccc(-c5ccc(C(F)(F)F)cc5)s4)CC3)[C@@H]1C2. The van der Waals surface area contributed by atoms with E-state index in [9.17, 15) is 18.0 Å². The topological polar surface area (TPSA) is 44.4 Å². The van der Waals surface area contributed by atoms with Crippen molar-refractivity contribution in [1.82, 2.24) is 10.2 Å². The Balaban J connectivity index is 1.08. The van der Waals surface area contributed by atoms with E-state index in [0.717, 1.165) is 61.3 Å². The van der Waals surface area contributed by atoms with Gasteiger partial charge in [-0.3, -0.25) is 10.2 Å². The molecular weight excluding hydrogens is 471 g/mol. The van der Waals surface area contributed by atoms with E-state index in [1.54, 1.807) is 11.6 Å². The number of anilines is 1. The van der Waals surface area contributed by atoms with Crippen LogP contribution >= 0.6 is 11.3 Å². The highest BCUT2D eigenvalue weighted by atomic mass is 32.1. The summed E-state index contributed by atoms with van der Waals surface area (Å²) in [6, 6.07) is 8.58. The van der Waals surface area contributed by atoms with Gasteiger partial charge in [0.25, 0.3) is 0 Å². The molecule has 0 spiro atoms. The van der Waals surface area contributed by atoms with Crippen molar-refractivity contribution >= 4 is 22.4 Å². The monoisotopic (exact) mass is 503 g/mol. The standard InChI is InChI=1S/C27H32F3N3OS/c1-26(2)20-8-5-18(22(26)15-20)16-33-13-11-21(12-14-33)31-25(34)32-24-10-9-23(35-24)17-3-6-19(7-4-17)27(28,29)30/h3-7,9-10,20-22H,8,11-16H2,1-2H3,(H2,31,32,34)/t20-,22-/m0/s1. The smallest absolute Gasteiger partial charge is 0.335 e. The predicted molar refractivity (Wildman–Crippen MR) is 134 cm³/mol. The summed E-state index contributed by atoms with van der Waals surface area (Å²) in [6.07, 6.45) is 2.55. The quantitative estimate of drug-likeness (QED) is 0.431. The first-order chi connectivity index (χ1) is 16.6. The number of urea groups is 1. The molecule has 2 amide bonds. The van der Waals surface area contributed by atoms with Gasteiger partial charge < -0.3 is 5.32 Å². The van der Waals surface area contributed by atoms with Crippen LogP contribution in [0.1, 0.15) is 45.1 Å². The highest BCUT2D eigenvalue weighted by Gasteiger charge is 2.51. The van der Waals surface area contributed by atoms with Gasteiger partial charge in [0.1, 0.15) is 0 Å². The molecule has 188 valence electrons. The number of thiophene rings is 1. The Bertz CT molecular complexity index is 1100. The minimum atomic E-state index is -4.35. The molecule has 2 heterocycles. The number of allylic oxidation sites excluding steroid dienone is 1. The number of halogens is 3. The van der Waals surface area contributed by atoms with Crippen LogP contribution in [-0.2, 0) is 6.18 Å². The maximum absolute atomic E-state index is 12.8. The summed E-state index contributed by atoms with van der Waals surface area (Å²) in [5, 5.41) is 6.63. The molecule has 0 unspecified atom stereocenters. The van der Waals surface area contributed by atoms with Gasteiger partial charge in [0, 0.05) is 30.6 Å². The maximum atomic E-state index is 12.8. The minimum absolute atomic E-state index is 0.144. The third kappa shape index (κ3) is 5.14. The fraction of sp³-hybridized carbons (Fsp3) is 0.519. The third-order valence-corrected chi connectivity index (χ3v) is 9.30. The van der Waals surface area contributed by atoms with Crippen molar-refractivity contribution in [2.45, 2.75) is 51.7 Å². The van der Waals surface area contributed by atoms with Crippen molar-refractivity contribution in [3.05, 3.63) is 53.6 Å². The average molecular weight is 504 g/mol. The molecule has 1 aromatic heterocycles. The summed E-state index contributed by atoms with van der Waals surface area (Å²) in [4.78, 5) is 15.9. The molecule has 2 aromatic rings. The fourth-order valence-electron chi connectivity index (χ4n) is 5.87. The number of fused-ring (bicyclic) bond motifs is 1. The Morgan fingerprint density at radius 1 is 1.11 bits per heavy atom. The van der Waals surface area contributed by atoms with Gasteiger partial charge in [-0.1, -0.05) is 37.6 Å². The second-order valence-corrected chi connectivity index (χ2v) is 11.8. The van der Waals surface area contributed by atoms with Crippen molar-refractivity contribution in [2.75, 3.05) is 25.0 Å². The van der Waals surface area contributed by atoms with E-state index in [4.69, 9.17) is 0 Å². The van der Waals surface area contributed by atoms with Crippen LogP contribution < -0.4 is 10.6 Å². The van der Waals surface area contributed by atoms with Crippen LogP contribution in [0.3, 0.4) is 0 Å². The maximum Gasteiger partial charge on any atom is 0.416 e. The van der Waals surface area contributed by atoms with Crippen molar-refractivity contribution < 1.29 is 18.0 Å². The van der Waals surface area contributed by atoms with Crippen LogP contribution in [0.2, 0.25) is 0 Å². The van der Waals surface area contributed by atoms with Gasteiger partial charge in [-0.2, -0.15) is 13.2 Å². The summed E-state index contributed by atoms with van der Waals surface area (Å²) in [7, 11) is 0. The highest BCUT2D eigenvalue weighted by Crippen LogP contribution is 2.59. The fourth-order valence-corrected chi connectivity index (χ4v) is 6.77. The Labute approximate surface area is 208 Å². The second-order valence-electron chi connectivity index (χ2n) is 10.7. The first-order valence-electron chi connectivity index (χ1n) is 12.4. The van der Waals surface area contributed by atoms with Gasteiger partial charge in [0.2, 0.25) is 0 Å². The number of piperidine rings is 1. The number of likely N-dealkylation sites (tertiary alicyclic amines) is 1. The molecule has 8 heteroatoms. The molecule has 6 rings (SSSR count). The number of nitrogens with one attached hydrogen (secondary N) is 2. The number of hydrogen-bond donors (Lipinski definition) is 2. The third-order valence-electron chi connectivity index (χ3n) is 8.25. The van der Waals surface area contributed by atoms with Gasteiger partial charge in [-0.05, 0) is 72.8 Å². The molecule has 2 atom stereocenters. The molecule has 4 aliphatic rings. The zero-order chi connectivity index (χ0) is 24.8. The number of carbonyl (C=O) groups is 1. The summed E-state index contributed by atoms with van der Waals surface area (Å²) in [6.45, 7) is 7.84. The summed E-state index contributed by atoms with van der Waals surface area (Å²) in [5.41, 5.74) is 2.09.